The van der Waals surface area contributed by atoms with Crippen LogP contribution in [0.15, 0.2) is 23.1 Å². The third-order valence-electron chi connectivity index (χ3n) is 3.29. The number of nitrogens with zero attached hydrogens (tertiary/aromatic N) is 3. The van der Waals surface area contributed by atoms with E-state index in [0.29, 0.717) is 17.4 Å². The van der Waals surface area contributed by atoms with Gasteiger partial charge in [0, 0.05) is 18.2 Å². The molecule has 6 nitrogen and oxygen atoms in total. The summed E-state index contributed by atoms with van der Waals surface area (Å²) < 4.78 is 0. The SMILES string of the molecule is CCN(CC#N)C(=O)c1ccc(SCCC(C)C)c([N+](=O)[O-])c1. The second-order valence-corrected chi connectivity index (χ2v) is 6.58. The van der Waals surface area contributed by atoms with Crippen molar-refractivity contribution >= 4 is 23.4 Å². The van der Waals surface area contributed by atoms with Crippen molar-refractivity contribution < 1.29 is 9.72 Å². The van der Waals surface area contributed by atoms with Crippen molar-refractivity contribution in [3.05, 3.63) is 33.9 Å². The van der Waals surface area contributed by atoms with Crippen LogP contribution in [0.2, 0.25) is 0 Å². The highest BCUT2D eigenvalue weighted by molar-refractivity contribution is 7.99. The van der Waals surface area contributed by atoms with Gasteiger partial charge in [-0.1, -0.05) is 13.8 Å². The first kappa shape index (κ1) is 19.0. The fourth-order valence-electron chi connectivity index (χ4n) is 1.91. The smallest absolute Gasteiger partial charge is 0.283 e. The number of carbonyl (C=O) groups is 1. The van der Waals surface area contributed by atoms with Crippen LogP contribution in [0.1, 0.15) is 37.6 Å². The Labute approximate surface area is 140 Å². The van der Waals surface area contributed by atoms with E-state index in [9.17, 15) is 14.9 Å². The van der Waals surface area contributed by atoms with E-state index in [-0.39, 0.29) is 23.7 Å². The molecule has 23 heavy (non-hydrogen) atoms. The molecule has 1 aromatic carbocycles. The summed E-state index contributed by atoms with van der Waals surface area (Å²) in [4.78, 5) is 25.0. The molecule has 1 aromatic rings. The summed E-state index contributed by atoms with van der Waals surface area (Å²) in [5, 5.41) is 20.0. The number of benzene rings is 1. The van der Waals surface area contributed by atoms with Crippen LogP contribution in [-0.4, -0.2) is 34.6 Å². The van der Waals surface area contributed by atoms with E-state index in [2.05, 4.69) is 13.8 Å². The summed E-state index contributed by atoms with van der Waals surface area (Å²) >= 11 is 1.43. The van der Waals surface area contributed by atoms with E-state index in [4.69, 9.17) is 5.26 Å². The van der Waals surface area contributed by atoms with Gasteiger partial charge in [-0.25, -0.2) is 0 Å². The summed E-state index contributed by atoms with van der Waals surface area (Å²) in [6.07, 6.45) is 0.967. The summed E-state index contributed by atoms with van der Waals surface area (Å²) in [6, 6.07) is 6.44. The first-order chi connectivity index (χ1) is 10.9. The van der Waals surface area contributed by atoms with Crippen LogP contribution in [0.5, 0.6) is 0 Å². The van der Waals surface area contributed by atoms with Crippen LogP contribution in [0.4, 0.5) is 5.69 Å². The van der Waals surface area contributed by atoms with Gasteiger partial charge in [0.25, 0.3) is 11.6 Å². The Morgan fingerprint density at radius 1 is 1.48 bits per heavy atom. The van der Waals surface area contributed by atoms with Crippen molar-refractivity contribution in [1.29, 1.82) is 5.26 Å². The molecule has 0 atom stereocenters. The molecule has 124 valence electrons. The van der Waals surface area contributed by atoms with Crippen LogP contribution in [0, 0.1) is 27.4 Å². The van der Waals surface area contributed by atoms with E-state index in [1.54, 1.807) is 19.1 Å². The maximum Gasteiger partial charge on any atom is 0.283 e. The Kier molecular flexibility index (Phi) is 7.55. The standard InChI is InChI=1S/C16H21N3O3S/c1-4-18(9-8-17)16(20)13-5-6-15(14(11-13)19(21)22)23-10-7-12(2)3/h5-6,11-12H,4,7,9-10H2,1-3H3. The summed E-state index contributed by atoms with van der Waals surface area (Å²) in [6.45, 7) is 6.31. The van der Waals surface area contributed by atoms with Gasteiger partial charge >= 0.3 is 0 Å². The Balaban J connectivity index is 3.01. The zero-order valence-corrected chi connectivity index (χ0v) is 14.4. The topological polar surface area (TPSA) is 87.2 Å². The number of hydrogen-bond acceptors (Lipinski definition) is 5. The minimum atomic E-state index is -0.463. The van der Waals surface area contributed by atoms with Crippen molar-refractivity contribution in [2.24, 2.45) is 5.92 Å². The molecule has 0 radical (unpaired) electrons. The second kappa shape index (κ2) is 9.16. The zero-order valence-electron chi connectivity index (χ0n) is 13.6. The van der Waals surface area contributed by atoms with Gasteiger partial charge in [-0.2, -0.15) is 5.26 Å². The second-order valence-electron chi connectivity index (χ2n) is 5.45. The molecule has 0 aliphatic heterocycles. The number of nitro groups is 1. The first-order valence-corrected chi connectivity index (χ1v) is 8.46. The summed E-state index contributed by atoms with van der Waals surface area (Å²) in [5.74, 6) is 0.962. The molecular weight excluding hydrogens is 314 g/mol. The Bertz CT molecular complexity index is 611. The van der Waals surface area contributed by atoms with Crippen LogP contribution in [0.3, 0.4) is 0 Å². The van der Waals surface area contributed by atoms with Crippen molar-refractivity contribution in [3.8, 4) is 6.07 Å². The number of hydrogen-bond donors (Lipinski definition) is 0. The van der Waals surface area contributed by atoms with Gasteiger partial charge in [0.2, 0.25) is 0 Å². The van der Waals surface area contributed by atoms with Gasteiger partial charge < -0.3 is 4.90 Å². The Morgan fingerprint density at radius 2 is 2.17 bits per heavy atom. The first-order valence-electron chi connectivity index (χ1n) is 7.48. The van der Waals surface area contributed by atoms with Crippen LogP contribution < -0.4 is 0 Å². The third-order valence-corrected chi connectivity index (χ3v) is 4.38. The summed E-state index contributed by atoms with van der Waals surface area (Å²) in [7, 11) is 0. The molecule has 0 fully saturated rings. The highest BCUT2D eigenvalue weighted by atomic mass is 32.2. The average Bonchev–Trinajstić information content (AvgIpc) is 2.51. The molecular formula is C16H21N3O3S. The monoisotopic (exact) mass is 335 g/mol. The molecule has 1 amide bonds. The van der Waals surface area contributed by atoms with Crippen molar-refractivity contribution in [3.63, 3.8) is 0 Å². The lowest BCUT2D eigenvalue weighted by Gasteiger charge is -2.17. The normalized spacial score (nSPS) is 10.4. The molecule has 0 saturated heterocycles. The molecule has 0 bridgehead atoms. The van der Waals surface area contributed by atoms with E-state index in [1.807, 2.05) is 6.07 Å². The highest BCUT2D eigenvalue weighted by Crippen LogP contribution is 2.31. The summed E-state index contributed by atoms with van der Waals surface area (Å²) in [5.41, 5.74) is 0.180. The molecule has 0 aliphatic carbocycles. The number of nitriles is 1. The molecule has 0 spiro atoms. The lowest BCUT2D eigenvalue weighted by atomic mass is 10.1. The molecule has 1 rings (SSSR count). The van der Waals surface area contributed by atoms with Crippen LogP contribution in [-0.2, 0) is 0 Å². The third kappa shape index (κ3) is 5.57. The fourth-order valence-corrected chi connectivity index (χ4v) is 3.17. The Hall–Kier alpha value is -2.07. The number of carbonyl (C=O) groups excluding carboxylic acids is 1. The van der Waals surface area contributed by atoms with Gasteiger partial charge in [-0.15, -0.1) is 11.8 Å². The van der Waals surface area contributed by atoms with Gasteiger partial charge in [-0.3, -0.25) is 14.9 Å². The molecule has 0 N–H and O–H groups in total. The Morgan fingerprint density at radius 3 is 2.70 bits per heavy atom. The van der Waals surface area contributed by atoms with E-state index < -0.39 is 4.92 Å². The largest absolute Gasteiger partial charge is 0.326 e. The molecule has 0 heterocycles. The van der Waals surface area contributed by atoms with Gasteiger partial charge in [-0.05, 0) is 37.1 Å². The fraction of sp³-hybridized carbons (Fsp3) is 0.500. The number of thioether (sulfide) groups is 1. The van der Waals surface area contributed by atoms with Crippen molar-refractivity contribution in [2.45, 2.75) is 32.1 Å². The molecule has 0 aromatic heterocycles. The van der Waals surface area contributed by atoms with Gasteiger partial charge in [0.15, 0.2) is 0 Å². The zero-order chi connectivity index (χ0) is 17.4. The van der Waals surface area contributed by atoms with E-state index in [0.717, 1.165) is 12.2 Å². The molecule has 0 saturated carbocycles. The highest BCUT2D eigenvalue weighted by Gasteiger charge is 2.20. The predicted molar refractivity (Wildman–Crippen MR) is 90.5 cm³/mol. The predicted octanol–water partition coefficient (Wildman–Crippen LogP) is 3.72. The maximum absolute atomic E-state index is 12.3. The molecule has 0 unspecified atom stereocenters. The van der Waals surface area contributed by atoms with Crippen LogP contribution >= 0.6 is 11.8 Å². The van der Waals surface area contributed by atoms with E-state index >= 15 is 0 Å². The lowest BCUT2D eigenvalue weighted by Crippen LogP contribution is -2.31. The minimum absolute atomic E-state index is 0.0337. The number of nitro benzene ring substituents is 1. The number of rotatable bonds is 8. The van der Waals surface area contributed by atoms with Crippen LogP contribution in [0.25, 0.3) is 0 Å². The lowest BCUT2D eigenvalue weighted by molar-refractivity contribution is -0.387. The molecule has 0 aliphatic rings. The number of amides is 1. The van der Waals surface area contributed by atoms with Crippen molar-refractivity contribution in [2.75, 3.05) is 18.8 Å². The van der Waals surface area contributed by atoms with Gasteiger partial charge in [0.1, 0.15) is 6.54 Å². The van der Waals surface area contributed by atoms with Crippen molar-refractivity contribution in [1.82, 2.24) is 4.90 Å². The van der Waals surface area contributed by atoms with Gasteiger partial charge in [0.05, 0.1) is 15.9 Å². The maximum atomic E-state index is 12.3. The average molecular weight is 335 g/mol. The van der Waals surface area contributed by atoms with E-state index in [1.165, 1.54) is 22.7 Å². The minimum Gasteiger partial charge on any atom is -0.326 e. The molecule has 7 heteroatoms. The quantitative estimate of drug-likeness (QED) is 0.313.